The third kappa shape index (κ3) is 3.23. The van der Waals surface area contributed by atoms with E-state index < -0.39 is 0 Å². The summed E-state index contributed by atoms with van der Waals surface area (Å²) in [4.78, 5) is 11.7. The summed E-state index contributed by atoms with van der Waals surface area (Å²) in [6.07, 6.45) is 2.70. The first-order valence-corrected chi connectivity index (χ1v) is 6.43. The topological polar surface area (TPSA) is 58.6 Å². The van der Waals surface area contributed by atoms with Gasteiger partial charge >= 0.3 is 0 Å². The monoisotopic (exact) mass is 249 g/mol. The second kappa shape index (κ2) is 6.40. The lowest BCUT2D eigenvalue weighted by atomic mass is 10.0. The number of para-hydroxylation sites is 1. The Bertz CT molecular complexity index is 406. The molecule has 1 aliphatic heterocycles. The zero-order valence-electron chi connectivity index (χ0n) is 10.4. The Morgan fingerprint density at radius 3 is 3.11 bits per heavy atom. The van der Waals surface area contributed by atoms with Crippen LogP contribution >= 0.6 is 0 Å². The number of benzene rings is 1. The van der Waals surface area contributed by atoms with E-state index >= 15 is 0 Å². The van der Waals surface area contributed by atoms with Crippen LogP contribution in [0.4, 0.5) is 0 Å². The minimum atomic E-state index is -0.00856. The number of ether oxygens (including phenoxy) is 1. The van der Waals surface area contributed by atoms with Crippen LogP contribution in [0.15, 0.2) is 24.3 Å². The summed E-state index contributed by atoms with van der Waals surface area (Å²) in [7, 11) is 0. The second-order valence-electron chi connectivity index (χ2n) is 4.48. The van der Waals surface area contributed by atoms with Crippen LogP contribution in [-0.2, 0) is 4.79 Å². The molecule has 4 heteroatoms. The number of hydrogen-bond donors (Lipinski definition) is 2. The molecule has 18 heavy (non-hydrogen) atoms. The zero-order valence-corrected chi connectivity index (χ0v) is 10.4. The largest absolute Gasteiger partial charge is 0.493 e. The number of aliphatic hydroxyl groups excluding tert-OH is 1. The lowest BCUT2D eigenvalue weighted by Crippen LogP contribution is -2.28. The van der Waals surface area contributed by atoms with E-state index in [0.29, 0.717) is 19.4 Å². The van der Waals surface area contributed by atoms with Crippen molar-refractivity contribution in [2.24, 2.45) is 0 Å². The molecule has 1 atom stereocenters. The van der Waals surface area contributed by atoms with Gasteiger partial charge in [-0.2, -0.15) is 0 Å². The van der Waals surface area contributed by atoms with E-state index in [-0.39, 0.29) is 18.6 Å². The fourth-order valence-electron chi connectivity index (χ4n) is 2.18. The van der Waals surface area contributed by atoms with Crippen LogP contribution in [-0.4, -0.2) is 24.2 Å². The number of carbonyl (C=O) groups excluding carboxylic acids is 1. The Balaban J connectivity index is 2.06. The number of hydrogen-bond acceptors (Lipinski definition) is 3. The summed E-state index contributed by atoms with van der Waals surface area (Å²) in [6.45, 7) is 0.748. The van der Waals surface area contributed by atoms with E-state index in [1.165, 1.54) is 0 Å². The van der Waals surface area contributed by atoms with E-state index in [1.54, 1.807) is 0 Å². The van der Waals surface area contributed by atoms with E-state index in [1.807, 2.05) is 24.3 Å². The molecule has 0 saturated heterocycles. The molecule has 0 radical (unpaired) electrons. The minimum absolute atomic E-state index is 0.00856. The zero-order chi connectivity index (χ0) is 12.8. The highest BCUT2D eigenvalue weighted by Gasteiger charge is 2.20. The average molecular weight is 249 g/mol. The first-order chi connectivity index (χ1) is 8.81. The molecule has 4 nitrogen and oxygen atoms in total. The molecular formula is C14H19NO3. The van der Waals surface area contributed by atoms with Gasteiger partial charge in [-0.15, -0.1) is 0 Å². The summed E-state index contributed by atoms with van der Waals surface area (Å²) in [5, 5.41) is 11.7. The van der Waals surface area contributed by atoms with Gasteiger partial charge in [0.1, 0.15) is 5.75 Å². The molecule has 1 amide bonds. The van der Waals surface area contributed by atoms with Crippen molar-refractivity contribution in [1.82, 2.24) is 5.32 Å². The van der Waals surface area contributed by atoms with Crippen LogP contribution in [0.3, 0.4) is 0 Å². The molecule has 1 aliphatic rings. The lowest BCUT2D eigenvalue weighted by molar-refractivity contribution is -0.122. The Hall–Kier alpha value is -1.55. The van der Waals surface area contributed by atoms with Gasteiger partial charge in [0.15, 0.2) is 0 Å². The van der Waals surface area contributed by atoms with Gasteiger partial charge in [-0.3, -0.25) is 4.79 Å². The first kappa shape index (κ1) is 12.9. The maximum absolute atomic E-state index is 11.7. The van der Waals surface area contributed by atoms with Crippen molar-refractivity contribution in [3.8, 4) is 5.75 Å². The number of aliphatic hydroxyl groups is 1. The van der Waals surface area contributed by atoms with Crippen LogP contribution < -0.4 is 10.1 Å². The fourth-order valence-corrected chi connectivity index (χ4v) is 2.18. The molecule has 1 aromatic rings. The van der Waals surface area contributed by atoms with Gasteiger partial charge in [0, 0.05) is 18.6 Å². The van der Waals surface area contributed by atoms with E-state index in [0.717, 1.165) is 24.2 Å². The third-order valence-electron chi connectivity index (χ3n) is 3.09. The van der Waals surface area contributed by atoms with Gasteiger partial charge in [0.25, 0.3) is 0 Å². The molecule has 0 saturated carbocycles. The molecular weight excluding hydrogens is 230 g/mol. The van der Waals surface area contributed by atoms with Crippen molar-refractivity contribution in [2.75, 3.05) is 13.2 Å². The smallest absolute Gasteiger partial charge is 0.220 e. The number of nitrogens with one attached hydrogen (secondary N) is 1. The molecule has 1 heterocycles. The SMILES string of the molecule is O=C(CCCO)NC1CCCOc2ccccc21. The summed E-state index contributed by atoms with van der Waals surface area (Å²) in [5.74, 6) is 0.855. The highest BCUT2D eigenvalue weighted by atomic mass is 16.5. The molecule has 2 rings (SSSR count). The standard InChI is InChI=1S/C14H19NO3/c16-9-3-8-14(17)15-12-6-4-10-18-13-7-2-1-5-11(12)13/h1-2,5,7,12,16H,3-4,6,8-10H2,(H,15,17). The van der Waals surface area contributed by atoms with Crippen molar-refractivity contribution >= 4 is 5.91 Å². The third-order valence-corrected chi connectivity index (χ3v) is 3.09. The Kier molecular flexibility index (Phi) is 4.59. The van der Waals surface area contributed by atoms with Crippen molar-refractivity contribution < 1.29 is 14.6 Å². The highest BCUT2D eigenvalue weighted by Crippen LogP contribution is 2.31. The number of fused-ring (bicyclic) bond motifs is 1. The summed E-state index contributed by atoms with van der Waals surface area (Å²) in [5.41, 5.74) is 1.05. The molecule has 0 bridgehead atoms. The summed E-state index contributed by atoms with van der Waals surface area (Å²) >= 11 is 0. The van der Waals surface area contributed by atoms with Crippen LogP contribution in [0.1, 0.15) is 37.3 Å². The Morgan fingerprint density at radius 2 is 2.28 bits per heavy atom. The second-order valence-corrected chi connectivity index (χ2v) is 4.48. The van der Waals surface area contributed by atoms with Gasteiger partial charge in [0.05, 0.1) is 12.6 Å². The van der Waals surface area contributed by atoms with Crippen molar-refractivity contribution in [3.05, 3.63) is 29.8 Å². The van der Waals surface area contributed by atoms with E-state index in [2.05, 4.69) is 5.32 Å². The predicted octanol–water partition coefficient (Wildman–Crippen LogP) is 1.79. The number of carbonyl (C=O) groups is 1. The quantitative estimate of drug-likeness (QED) is 0.855. The van der Waals surface area contributed by atoms with Crippen molar-refractivity contribution in [1.29, 1.82) is 0 Å². The van der Waals surface area contributed by atoms with Crippen LogP contribution in [0.5, 0.6) is 5.75 Å². The molecule has 1 unspecified atom stereocenters. The van der Waals surface area contributed by atoms with E-state index in [4.69, 9.17) is 9.84 Å². The van der Waals surface area contributed by atoms with Crippen LogP contribution in [0.2, 0.25) is 0 Å². The van der Waals surface area contributed by atoms with Crippen LogP contribution in [0, 0.1) is 0 Å². The summed E-state index contributed by atoms with van der Waals surface area (Å²) in [6, 6.07) is 7.86. The predicted molar refractivity (Wildman–Crippen MR) is 68.4 cm³/mol. The van der Waals surface area contributed by atoms with Gasteiger partial charge in [0.2, 0.25) is 5.91 Å². The summed E-state index contributed by atoms with van der Waals surface area (Å²) < 4.78 is 5.65. The fraction of sp³-hybridized carbons (Fsp3) is 0.500. The maximum Gasteiger partial charge on any atom is 0.220 e. The normalized spacial score (nSPS) is 18.4. The maximum atomic E-state index is 11.7. The first-order valence-electron chi connectivity index (χ1n) is 6.43. The van der Waals surface area contributed by atoms with Crippen LogP contribution in [0.25, 0.3) is 0 Å². The van der Waals surface area contributed by atoms with Gasteiger partial charge in [-0.1, -0.05) is 18.2 Å². The Morgan fingerprint density at radius 1 is 1.44 bits per heavy atom. The molecule has 0 aromatic heterocycles. The molecule has 0 spiro atoms. The Labute approximate surface area is 107 Å². The number of amides is 1. The van der Waals surface area contributed by atoms with Gasteiger partial charge in [-0.05, 0) is 25.3 Å². The molecule has 2 N–H and O–H groups in total. The van der Waals surface area contributed by atoms with Crippen molar-refractivity contribution in [2.45, 2.75) is 31.7 Å². The van der Waals surface area contributed by atoms with E-state index in [9.17, 15) is 4.79 Å². The highest BCUT2D eigenvalue weighted by molar-refractivity contribution is 5.76. The molecule has 1 aromatic carbocycles. The molecule has 0 aliphatic carbocycles. The van der Waals surface area contributed by atoms with Gasteiger partial charge in [-0.25, -0.2) is 0 Å². The molecule has 0 fully saturated rings. The minimum Gasteiger partial charge on any atom is -0.493 e. The van der Waals surface area contributed by atoms with Gasteiger partial charge < -0.3 is 15.2 Å². The average Bonchev–Trinajstić information content (AvgIpc) is 2.59. The van der Waals surface area contributed by atoms with Crippen molar-refractivity contribution in [3.63, 3.8) is 0 Å². The number of rotatable bonds is 4. The molecule has 98 valence electrons. The lowest BCUT2D eigenvalue weighted by Gasteiger charge is -2.18.